The van der Waals surface area contributed by atoms with Crippen LogP contribution in [0.5, 0.6) is 5.88 Å². The largest absolute Gasteiger partial charge is 0.472 e. The van der Waals surface area contributed by atoms with E-state index in [-0.39, 0.29) is 17.7 Å². The minimum Gasteiger partial charge on any atom is -0.472 e. The predicted molar refractivity (Wildman–Crippen MR) is 76.1 cm³/mol. The third-order valence-electron chi connectivity index (χ3n) is 4.93. The molecule has 0 aliphatic heterocycles. The fourth-order valence-corrected chi connectivity index (χ4v) is 3.74. The van der Waals surface area contributed by atoms with E-state index in [4.69, 9.17) is 9.47 Å². The van der Waals surface area contributed by atoms with Gasteiger partial charge in [0.1, 0.15) is 6.10 Å². The maximum atomic E-state index is 11.8. The molecule has 0 saturated heterocycles. The van der Waals surface area contributed by atoms with E-state index in [0.717, 1.165) is 12.8 Å². The summed E-state index contributed by atoms with van der Waals surface area (Å²) >= 11 is 0. The van der Waals surface area contributed by atoms with Gasteiger partial charge in [-0.05, 0) is 50.9 Å². The summed E-state index contributed by atoms with van der Waals surface area (Å²) in [5.74, 6) is -0.179. The first-order chi connectivity index (χ1) is 10.2. The van der Waals surface area contributed by atoms with Crippen LogP contribution in [0.3, 0.4) is 0 Å². The lowest BCUT2D eigenvalue weighted by Crippen LogP contribution is -2.30. The predicted octanol–water partition coefficient (Wildman–Crippen LogP) is 2.86. The molecule has 0 amide bonds. The van der Waals surface area contributed by atoms with Gasteiger partial charge in [-0.2, -0.15) is 0 Å². The maximum Gasteiger partial charge on any atom is 0.362 e. The van der Waals surface area contributed by atoms with E-state index in [0.29, 0.717) is 12.0 Å². The van der Waals surface area contributed by atoms with Gasteiger partial charge in [0, 0.05) is 0 Å². The molecule has 1 heterocycles. The van der Waals surface area contributed by atoms with Crippen molar-refractivity contribution in [1.29, 1.82) is 0 Å². The van der Waals surface area contributed by atoms with Crippen molar-refractivity contribution in [2.75, 3.05) is 6.61 Å². The van der Waals surface area contributed by atoms with Gasteiger partial charge in [0.2, 0.25) is 5.69 Å². The lowest BCUT2D eigenvalue weighted by Gasteiger charge is -2.36. The Labute approximate surface area is 124 Å². The van der Waals surface area contributed by atoms with Gasteiger partial charge in [-0.25, -0.2) is 9.89 Å². The molecule has 2 aliphatic rings. The summed E-state index contributed by atoms with van der Waals surface area (Å²) < 4.78 is 10.9. The van der Waals surface area contributed by atoms with E-state index >= 15 is 0 Å². The zero-order valence-electron chi connectivity index (χ0n) is 12.6. The van der Waals surface area contributed by atoms with Gasteiger partial charge in [-0.1, -0.05) is 23.2 Å². The Hall–Kier alpha value is -1.59. The van der Waals surface area contributed by atoms with Crippen molar-refractivity contribution in [3.8, 4) is 5.88 Å². The molecule has 1 spiro atoms. The highest BCUT2D eigenvalue weighted by atomic mass is 16.5. The van der Waals surface area contributed by atoms with Crippen LogP contribution in [0.4, 0.5) is 0 Å². The van der Waals surface area contributed by atoms with E-state index in [1.54, 1.807) is 6.92 Å². The Kier molecular flexibility index (Phi) is 4.12. The van der Waals surface area contributed by atoms with Gasteiger partial charge in [0.05, 0.1) is 6.61 Å². The summed E-state index contributed by atoms with van der Waals surface area (Å²) in [6.45, 7) is 2.09. The van der Waals surface area contributed by atoms with E-state index in [9.17, 15) is 4.79 Å². The number of nitrogens with one attached hydrogen (secondary N) is 1. The molecule has 116 valence electrons. The Morgan fingerprint density at radius 2 is 2.00 bits per heavy atom. The van der Waals surface area contributed by atoms with Crippen molar-refractivity contribution in [3.63, 3.8) is 0 Å². The number of nitrogens with zero attached hydrogens (tertiary/aromatic N) is 2. The molecular weight excluding hydrogens is 270 g/mol. The van der Waals surface area contributed by atoms with Crippen molar-refractivity contribution in [1.82, 2.24) is 15.4 Å². The van der Waals surface area contributed by atoms with Crippen LogP contribution < -0.4 is 4.74 Å². The summed E-state index contributed by atoms with van der Waals surface area (Å²) in [4.78, 5) is 11.8. The number of rotatable bonds is 4. The lowest BCUT2D eigenvalue weighted by atomic mass is 9.72. The number of H-pyrrole nitrogens is 1. The number of hydrogen-bond donors (Lipinski definition) is 1. The van der Waals surface area contributed by atoms with E-state index in [2.05, 4.69) is 15.4 Å². The Morgan fingerprint density at radius 1 is 1.29 bits per heavy atom. The average molecular weight is 293 g/mol. The molecule has 2 fully saturated rings. The van der Waals surface area contributed by atoms with Crippen molar-refractivity contribution in [2.24, 2.45) is 5.41 Å². The first-order valence-electron chi connectivity index (χ1n) is 7.97. The minimum atomic E-state index is -0.458. The summed E-state index contributed by atoms with van der Waals surface area (Å²) in [6, 6.07) is 0. The average Bonchev–Trinajstić information content (AvgIpc) is 3.12. The van der Waals surface area contributed by atoms with E-state index in [1.165, 1.54) is 38.5 Å². The number of carbonyl (C=O) groups is 1. The zero-order chi connectivity index (χ0) is 14.7. The fraction of sp³-hybridized carbons (Fsp3) is 0.800. The standard InChI is InChI=1S/C15H23N3O3/c1-2-20-14(19)12-13(17-18-16-12)21-11-5-9-15(10-6-11)7-3-4-8-15/h11H,2-10H2,1H3,(H,16,17,18). The highest BCUT2D eigenvalue weighted by Gasteiger charge is 2.38. The normalized spacial score (nSPS) is 21.6. The first kappa shape index (κ1) is 14.4. The highest BCUT2D eigenvalue weighted by molar-refractivity contribution is 5.89. The van der Waals surface area contributed by atoms with Gasteiger partial charge in [0.25, 0.3) is 5.88 Å². The number of carbonyl (C=O) groups excluding carboxylic acids is 1. The SMILES string of the molecule is CCOC(=O)c1[nH]nnc1OC1CCC2(CCCC2)CC1. The van der Waals surface area contributed by atoms with E-state index < -0.39 is 5.97 Å². The smallest absolute Gasteiger partial charge is 0.362 e. The van der Waals surface area contributed by atoms with Crippen LogP contribution in [-0.4, -0.2) is 34.1 Å². The van der Waals surface area contributed by atoms with Crippen molar-refractivity contribution >= 4 is 5.97 Å². The second-order valence-electron chi connectivity index (χ2n) is 6.24. The van der Waals surface area contributed by atoms with Gasteiger partial charge in [-0.15, -0.1) is 0 Å². The monoisotopic (exact) mass is 293 g/mol. The summed E-state index contributed by atoms with van der Waals surface area (Å²) in [5, 5.41) is 10.1. The molecule has 21 heavy (non-hydrogen) atoms. The van der Waals surface area contributed by atoms with Crippen LogP contribution in [-0.2, 0) is 4.74 Å². The molecule has 0 bridgehead atoms. The van der Waals surface area contributed by atoms with Crippen LogP contribution >= 0.6 is 0 Å². The Bertz CT molecular complexity index is 484. The van der Waals surface area contributed by atoms with Crippen molar-refractivity contribution < 1.29 is 14.3 Å². The molecule has 6 heteroatoms. The number of aromatic amines is 1. The Balaban J connectivity index is 1.58. The third-order valence-corrected chi connectivity index (χ3v) is 4.93. The highest BCUT2D eigenvalue weighted by Crippen LogP contribution is 2.49. The first-order valence-corrected chi connectivity index (χ1v) is 7.97. The van der Waals surface area contributed by atoms with Gasteiger partial charge >= 0.3 is 5.97 Å². The second-order valence-corrected chi connectivity index (χ2v) is 6.24. The van der Waals surface area contributed by atoms with Crippen LogP contribution in [0.2, 0.25) is 0 Å². The molecule has 2 aliphatic carbocycles. The molecular formula is C15H23N3O3. The molecule has 3 rings (SSSR count). The minimum absolute atomic E-state index is 0.134. The molecule has 0 aromatic carbocycles. The number of ether oxygens (including phenoxy) is 2. The number of aromatic nitrogens is 3. The summed E-state index contributed by atoms with van der Waals surface area (Å²) in [7, 11) is 0. The fourth-order valence-electron chi connectivity index (χ4n) is 3.74. The van der Waals surface area contributed by atoms with Gasteiger partial charge in [0.15, 0.2) is 0 Å². The molecule has 0 atom stereocenters. The molecule has 1 aromatic heterocycles. The molecule has 0 unspecified atom stereocenters. The molecule has 1 aromatic rings. The molecule has 6 nitrogen and oxygen atoms in total. The molecule has 2 saturated carbocycles. The van der Waals surface area contributed by atoms with Crippen molar-refractivity contribution in [2.45, 2.75) is 64.4 Å². The number of esters is 1. The topological polar surface area (TPSA) is 77.1 Å². The van der Waals surface area contributed by atoms with Crippen LogP contribution in [0.1, 0.15) is 68.8 Å². The number of hydrogen-bond acceptors (Lipinski definition) is 5. The van der Waals surface area contributed by atoms with Gasteiger partial charge in [-0.3, -0.25) is 0 Å². The molecule has 0 radical (unpaired) electrons. The van der Waals surface area contributed by atoms with Crippen LogP contribution in [0.25, 0.3) is 0 Å². The van der Waals surface area contributed by atoms with Gasteiger partial charge < -0.3 is 9.47 Å². The lowest BCUT2D eigenvalue weighted by molar-refractivity contribution is 0.0496. The van der Waals surface area contributed by atoms with E-state index in [1.807, 2.05) is 0 Å². The van der Waals surface area contributed by atoms with Crippen molar-refractivity contribution in [3.05, 3.63) is 5.69 Å². The van der Waals surface area contributed by atoms with Crippen LogP contribution in [0, 0.1) is 5.41 Å². The van der Waals surface area contributed by atoms with Crippen LogP contribution in [0.15, 0.2) is 0 Å². The zero-order valence-corrected chi connectivity index (χ0v) is 12.6. The summed E-state index contributed by atoms with van der Waals surface area (Å²) in [5.41, 5.74) is 0.797. The Morgan fingerprint density at radius 3 is 2.67 bits per heavy atom. The summed E-state index contributed by atoms with van der Waals surface area (Å²) in [6.07, 6.45) is 10.2. The molecule has 1 N–H and O–H groups in total. The second kappa shape index (κ2) is 6.03. The quantitative estimate of drug-likeness (QED) is 0.864. The third kappa shape index (κ3) is 3.04. The maximum absolute atomic E-state index is 11.8.